The van der Waals surface area contributed by atoms with Gasteiger partial charge in [0.25, 0.3) is 0 Å². The molecule has 0 aliphatic heterocycles. The molecule has 0 aliphatic rings. The highest BCUT2D eigenvalue weighted by atomic mass is 35.5. The van der Waals surface area contributed by atoms with Crippen molar-refractivity contribution in [2.75, 3.05) is 5.32 Å². The van der Waals surface area contributed by atoms with Crippen LogP contribution >= 0.6 is 12.4 Å². The van der Waals surface area contributed by atoms with Crippen molar-refractivity contribution < 1.29 is 0 Å². The lowest BCUT2D eigenvalue weighted by Crippen LogP contribution is -2.24. The summed E-state index contributed by atoms with van der Waals surface area (Å²) in [5, 5.41) is 3.14. The number of hydrogen-bond acceptors (Lipinski definition) is 1. The van der Waals surface area contributed by atoms with Crippen molar-refractivity contribution in [3.05, 3.63) is 29.3 Å². The highest BCUT2D eigenvalue weighted by Crippen LogP contribution is 2.18. The smallest absolute Gasteiger partial charge is 0.193 e. The van der Waals surface area contributed by atoms with E-state index < -0.39 is 0 Å². The average molecular weight is 242 g/mol. The quantitative estimate of drug-likeness (QED) is 0.618. The van der Waals surface area contributed by atoms with Crippen LogP contribution in [0, 0.1) is 13.8 Å². The minimum absolute atomic E-state index is 0. The number of guanidine groups is 1. The molecule has 4 heteroatoms. The Balaban J connectivity index is 0.00000225. The predicted octanol–water partition coefficient (Wildman–Crippen LogP) is 2.86. The van der Waals surface area contributed by atoms with Gasteiger partial charge < -0.3 is 11.1 Å². The van der Waals surface area contributed by atoms with Gasteiger partial charge in [0.05, 0.1) is 0 Å². The molecule has 0 spiro atoms. The second-order valence-corrected chi connectivity index (χ2v) is 4.00. The van der Waals surface area contributed by atoms with E-state index in [1.54, 1.807) is 0 Å². The SMILES string of the molecule is Cc1cccc(C)c1NC(N)=NC(C)C.Cl. The van der Waals surface area contributed by atoms with Crippen LogP contribution in [0.15, 0.2) is 23.2 Å². The van der Waals surface area contributed by atoms with Crippen LogP contribution in [0.5, 0.6) is 0 Å². The molecule has 0 saturated heterocycles. The summed E-state index contributed by atoms with van der Waals surface area (Å²) < 4.78 is 0. The molecular formula is C12H20ClN3. The lowest BCUT2D eigenvalue weighted by atomic mass is 10.1. The first kappa shape index (κ1) is 14.8. The van der Waals surface area contributed by atoms with Crippen LogP contribution in [0.4, 0.5) is 5.69 Å². The number of aryl methyl sites for hydroxylation is 2. The number of nitrogens with two attached hydrogens (primary N) is 1. The Bertz CT molecular complexity index is 352. The fraction of sp³-hybridized carbons (Fsp3) is 0.417. The molecule has 1 aromatic rings. The van der Waals surface area contributed by atoms with Gasteiger partial charge >= 0.3 is 0 Å². The first-order valence-electron chi connectivity index (χ1n) is 5.17. The van der Waals surface area contributed by atoms with Gasteiger partial charge in [-0.2, -0.15) is 0 Å². The summed E-state index contributed by atoms with van der Waals surface area (Å²) in [5.41, 5.74) is 9.19. The van der Waals surface area contributed by atoms with Gasteiger partial charge in [0.15, 0.2) is 5.96 Å². The fourth-order valence-corrected chi connectivity index (χ4v) is 1.45. The summed E-state index contributed by atoms with van der Waals surface area (Å²) in [6.45, 7) is 8.11. The van der Waals surface area contributed by atoms with E-state index in [1.165, 1.54) is 11.1 Å². The Morgan fingerprint density at radius 1 is 1.25 bits per heavy atom. The third-order valence-electron chi connectivity index (χ3n) is 2.13. The van der Waals surface area contributed by atoms with Crippen molar-refractivity contribution in [3.8, 4) is 0 Å². The maximum Gasteiger partial charge on any atom is 0.193 e. The van der Waals surface area contributed by atoms with Gasteiger partial charge in [-0.1, -0.05) is 18.2 Å². The van der Waals surface area contributed by atoms with E-state index >= 15 is 0 Å². The third-order valence-corrected chi connectivity index (χ3v) is 2.13. The van der Waals surface area contributed by atoms with E-state index in [4.69, 9.17) is 5.73 Å². The molecule has 0 fully saturated rings. The van der Waals surface area contributed by atoms with Crippen molar-refractivity contribution in [1.82, 2.24) is 0 Å². The number of hydrogen-bond donors (Lipinski definition) is 2. The van der Waals surface area contributed by atoms with Gasteiger partial charge in [-0.15, -0.1) is 12.4 Å². The Morgan fingerprint density at radius 2 is 1.75 bits per heavy atom. The lowest BCUT2D eigenvalue weighted by molar-refractivity contribution is 0.833. The van der Waals surface area contributed by atoms with Crippen molar-refractivity contribution in [2.45, 2.75) is 33.7 Å². The van der Waals surface area contributed by atoms with E-state index in [-0.39, 0.29) is 18.4 Å². The highest BCUT2D eigenvalue weighted by Gasteiger charge is 2.02. The maximum atomic E-state index is 5.78. The molecule has 0 heterocycles. The first-order valence-corrected chi connectivity index (χ1v) is 5.17. The third kappa shape index (κ3) is 4.11. The molecule has 0 unspecified atom stereocenters. The normalized spacial score (nSPS) is 11.2. The van der Waals surface area contributed by atoms with Crippen LogP contribution in [0.2, 0.25) is 0 Å². The second-order valence-electron chi connectivity index (χ2n) is 4.00. The van der Waals surface area contributed by atoms with E-state index in [0.717, 1.165) is 5.69 Å². The number of rotatable bonds is 2. The Kier molecular flexibility index (Phi) is 5.89. The van der Waals surface area contributed by atoms with Crippen molar-refractivity contribution in [1.29, 1.82) is 0 Å². The van der Waals surface area contributed by atoms with Gasteiger partial charge in [0.2, 0.25) is 0 Å². The molecule has 1 rings (SSSR count). The molecule has 90 valence electrons. The van der Waals surface area contributed by atoms with Crippen molar-refractivity contribution in [3.63, 3.8) is 0 Å². The lowest BCUT2D eigenvalue weighted by Gasteiger charge is -2.12. The number of aliphatic imine (C=N–C) groups is 1. The topological polar surface area (TPSA) is 50.4 Å². The van der Waals surface area contributed by atoms with E-state index in [9.17, 15) is 0 Å². The number of nitrogens with one attached hydrogen (secondary N) is 1. The van der Waals surface area contributed by atoms with Crippen molar-refractivity contribution in [2.24, 2.45) is 10.7 Å². The van der Waals surface area contributed by atoms with E-state index in [0.29, 0.717) is 5.96 Å². The zero-order chi connectivity index (χ0) is 11.4. The van der Waals surface area contributed by atoms with Crippen LogP contribution in [0.3, 0.4) is 0 Å². The Morgan fingerprint density at radius 3 is 2.19 bits per heavy atom. The van der Waals surface area contributed by atoms with Crippen LogP contribution < -0.4 is 11.1 Å². The molecule has 0 bridgehead atoms. The zero-order valence-corrected chi connectivity index (χ0v) is 11.1. The summed E-state index contributed by atoms with van der Waals surface area (Å²) in [6, 6.07) is 6.35. The largest absolute Gasteiger partial charge is 0.370 e. The van der Waals surface area contributed by atoms with Crippen LogP contribution in [0.1, 0.15) is 25.0 Å². The van der Waals surface area contributed by atoms with Gasteiger partial charge in [0.1, 0.15) is 0 Å². The number of halogens is 1. The summed E-state index contributed by atoms with van der Waals surface area (Å²) >= 11 is 0. The van der Waals surface area contributed by atoms with Crippen LogP contribution in [0.25, 0.3) is 0 Å². The summed E-state index contributed by atoms with van der Waals surface area (Å²) in [5.74, 6) is 0.474. The minimum Gasteiger partial charge on any atom is -0.370 e. The molecular weight excluding hydrogens is 222 g/mol. The molecule has 0 aliphatic carbocycles. The molecule has 0 amide bonds. The van der Waals surface area contributed by atoms with Crippen LogP contribution in [-0.4, -0.2) is 12.0 Å². The Labute approximate surface area is 104 Å². The molecule has 0 aromatic heterocycles. The maximum absolute atomic E-state index is 5.78. The van der Waals surface area contributed by atoms with Gasteiger partial charge in [-0.05, 0) is 38.8 Å². The monoisotopic (exact) mass is 241 g/mol. The second kappa shape index (κ2) is 6.38. The first-order chi connectivity index (χ1) is 7.00. The van der Waals surface area contributed by atoms with Gasteiger partial charge in [0, 0.05) is 11.7 Å². The summed E-state index contributed by atoms with van der Waals surface area (Å²) in [7, 11) is 0. The number of nitrogens with zero attached hydrogens (tertiary/aromatic N) is 1. The molecule has 3 N–H and O–H groups in total. The number of para-hydroxylation sites is 1. The predicted molar refractivity (Wildman–Crippen MR) is 73.5 cm³/mol. The molecule has 3 nitrogen and oxygen atoms in total. The molecule has 1 aromatic carbocycles. The van der Waals surface area contributed by atoms with Gasteiger partial charge in [-0.25, -0.2) is 0 Å². The van der Waals surface area contributed by atoms with Crippen molar-refractivity contribution >= 4 is 24.1 Å². The van der Waals surface area contributed by atoms with E-state index in [1.807, 2.05) is 19.9 Å². The highest BCUT2D eigenvalue weighted by molar-refractivity contribution is 5.93. The standard InChI is InChI=1S/C12H19N3.ClH/c1-8(2)14-12(13)15-11-9(3)6-5-7-10(11)4;/h5-8H,1-4H3,(H3,13,14,15);1H. The fourth-order valence-electron chi connectivity index (χ4n) is 1.45. The zero-order valence-electron chi connectivity index (χ0n) is 10.2. The molecule has 0 saturated carbocycles. The molecule has 0 radical (unpaired) electrons. The number of anilines is 1. The summed E-state index contributed by atoms with van der Waals surface area (Å²) in [6.07, 6.45) is 0. The minimum atomic E-state index is 0. The van der Waals surface area contributed by atoms with E-state index in [2.05, 4.69) is 36.3 Å². The summed E-state index contributed by atoms with van der Waals surface area (Å²) in [4.78, 5) is 4.24. The number of benzene rings is 1. The molecule has 16 heavy (non-hydrogen) atoms. The molecule has 0 atom stereocenters. The average Bonchev–Trinajstić information content (AvgIpc) is 2.10. The van der Waals surface area contributed by atoms with Crippen LogP contribution in [-0.2, 0) is 0 Å². The Hall–Kier alpha value is -1.22. The van der Waals surface area contributed by atoms with Gasteiger partial charge in [-0.3, -0.25) is 4.99 Å².